The summed E-state index contributed by atoms with van der Waals surface area (Å²) in [4.78, 5) is 15.7. The Kier molecular flexibility index (Phi) is 4.77. The smallest absolute Gasteiger partial charge is 0.264 e. The number of aromatic nitrogens is 2. The third-order valence-corrected chi connectivity index (χ3v) is 3.51. The second-order valence-corrected chi connectivity index (χ2v) is 5.50. The fraction of sp³-hybridized carbons (Fsp3) is 0.118. The number of carbonyl (C=O) groups excluding carboxylic acids is 1. The molecule has 0 saturated heterocycles. The van der Waals surface area contributed by atoms with E-state index in [1.807, 2.05) is 30.3 Å². The highest BCUT2D eigenvalue weighted by atomic mass is 35.5. The van der Waals surface area contributed by atoms with Gasteiger partial charge in [0.1, 0.15) is 5.75 Å². The number of ether oxygens (including phenoxy) is 1. The highest BCUT2D eigenvalue weighted by Crippen LogP contribution is 2.23. The van der Waals surface area contributed by atoms with Crippen molar-refractivity contribution in [3.8, 4) is 5.75 Å². The predicted octanol–water partition coefficient (Wildman–Crippen LogP) is 2.99. The molecular weight excluding hydrogens is 330 g/mol. The van der Waals surface area contributed by atoms with Gasteiger partial charge in [0.15, 0.2) is 12.4 Å². The van der Waals surface area contributed by atoms with Crippen molar-refractivity contribution in [3.05, 3.63) is 76.4 Å². The number of amides is 1. The molecule has 0 bridgehead atoms. The van der Waals surface area contributed by atoms with Crippen LogP contribution in [-0.4, -0.2) is 16.0 Å². The Morgan fingerprint density at radius 3 is 2.75 bits per heavy atom. The average Bonchev–Trinajstić information content (AvgIpc) is 3.02. The molecule has 2 N–H and O–H groups in total. The van der Waals surface area contributed by atoms with Gasteiger partial charge in [-0.1, -0.05) is 47.1 Å². The summed E-state index contributed by atoms with van der Waals surface area (Å²) >= 11 is 5.85. The molecule has 1 heterocycles. The molecule has 1 amide bonds. The zero-order chi connectivity index (χ0) is 16.9. The molecule has 1 aromatic heterocycles. The van der Waals surface area contributed by atoms with Crippen molar-refractivity contribution in [1.82, 2.24) is 10.1 Å². The summed E-state index contributed by atoms with van der Waals surface area (Å²) in [7, 11) is 0. The molecule has 3 rings (SSSR count). The number of carbonyl (C=O) groups is 1. The first-order valence-corrected chi connectivity index (χ1v) is 7.57. The molecule has 0 spiro atoms. The van der Waals surface area contributed by atoms with Crippen molar-refractivity contribution < 1.29 is 14.1 Å². The topological polar surface area (TPSA) is 91.2 Å². The maximum atomic E-state index is 11.4. The van der Waals surface area contributed by atoms with Gasteiger partial charge in [-0.15, -0.1) is 0 Å². The number of nitrogens with zero attached hydrogens (tertiary/aromatic N) is 2. The molecule has 24 heavy (non-hydrogen) atoms. The summed E-state index contributed by atoms with van der Waals surface area (Å²) in [6.07, 6.45) is 0.567. The highest BCUT2D eigenvalue weighted by Gasteiger charge is 2.13. The SMILES string of the molecule is NC(=O)c1cc(Cl)ccc1OCc1nc(Cc2ccccc2)no1. The standard InChI is InChI=1S/C17H14ClN3O3/c18-12-6-7-14(13(9-12)17(19)22)23-10-16-20-15(21-24-16)8-11-4-2-1-3-5-11/h1-7,9H,8,10H2,(H2,19,22). The number of nitrogens with two attached hydrogens (primary N) is 1. The van der Waals surface area contributed by atoms with Crippen LogP contribution in [0.1, 0.15) is 27.6 Å². The lowest BCUT2D eigenvalue weighted by molar-refractivity contribution is 0.0995. The van der Waals surface area contributed by atoms with Crippen molar-refractivity contribution in [2.24, 2.45) is 5.73 Å². The van der Waals surface area contributed by atoms with Crippen molar-refractivity contribution >= 4 is 17.5 Å². The lowest BCUT2D eigenvalue weighted by Gasteiger charge is -2.07. The lowest BCUT2D eigenvalue weighted by Crippen LogP contribution is -2.13. The van der Waals surface area contributed by atoms with Gasteiger partial charge in [-0.25, -0.2) is 0 Å². The van der Waals surface area contributed by atoms with E-state index in [0.717, 1.165) is 5.56 Å². The number of primary amides is 1. The summed E-state index contributed by atoms with van der Waals surface area (Å²) in [6.45, 7) is 0.0315. The van der Waals surface area contributed by atoms with E-state index in [9.17, 15) is 4.79 Å². The largest absolute Gasteiger partial charge is 0.483 e. The number of hydrogen-bond acceptors (Lipinski definition) is 5. The van der Waals surface area contributed by atoms with Gasteiger partial charge in [0, 0.05) is 11.4 Å². The van der Waals surface area contributed by atoms with Crippen LogP contribution >= 0.6 is 11.6 Å². The monoisotopic (exact) mass is 343 g/mol. The van der Waals surface area contributed by atoms with Crippen LogP contribution in [0.3, 0.4) is 0 Å². The molecule has 2 aromatic carbocycles. The molecule has 0 aliphatic carbocycles. The third-order valence-electron chi connectivity index (χ3n) is 3.27. The maximum Gasteiger partial charge on any atom is 0.264 e. The van der Waals surface area contributed by atoms with Gasteiger partial charge in [0.25, 0.3) is 11.8 Å². The minimum absolute atomic E-state index is 0.0315. The zero-order valence-corrected chi connectivity index (χ0v) is 13.4. The quantitative estimate of drug-likeness (QED) is 0.742. The normalized spacial score (nSPS) is 10.5. The van der Waals surface area contributed by atoms with Crippen LogP contribution in [0.2, 0.25) is 5.02 Å². The number of halogens is 1. The Morgan fingerprint density at radius 1 is 1.21 bits per heavy atom. The molecule has 0 unspecified atom stereocenters. The Hall–Kier alpha value is -2.86. The Bertz CT molecular complexity index is 849. The third kappa shape index (κ3) is 3.91. The minimum atomic E-state index is -0.622. The summed E-state index contributed by atoms with van der Waals surface area (Å²) in [5.74, 6) is 0.565. The summed E-state index contributed by atoms with van der Waals surface area (Å²) in [5.41, 5.74) is 6.60. The van der Waals surface area contributed by atoms with Crippen molar-refractivity contribution in [1.29, 1.82) is 0 Å². The van der Waals surface area contributed by atoms with E-state index < -0.39 is 5.91 Å². The molecule has 6 nitrogen and oxygen atoms in total. The Balaban J connectivity index is 1.67. The average molecular weight is 344 g/mol. The van der Waals surface area contributed by atoms with E-state index in [0.29, 0.717) is 28.9 Å². The molecule has 0 aliphatic heterocycles. The van der Waals surface area contributed by atoms with Crippen molar-refractivity contribution in [3.63, 3.8) is 0 Å². The van der Waals surface area contributed by atoms with E-state index in [4.69, 9.17) is 26.6 Å². The van der Waals surface area contributed by atoms with Crippen LogP contribution in [0.4, 0.5) is 0 Å². The van der Waals surface area contributed by atoms with E-state index in [2.05, 4.69) is 10.1 Å². The van der Waals surface area contributed by atoms with Gasteiger partial charge in [0.05, 0.1) is 5.56 Å². The fourth-order valence-corrected chi connectivity index (χ4v) is 2.33. The molecule has 7 heteroatoms. The zero-order valence-electron chi connectivity index (χ0n) is 12.6. The summed E-state index contributed by atoms with van der Waals surface area (Å²) in [5, 5.41) is 4.32. The Labute approximate surface area is 143 Å². The lowest BCUT2D eigenvalue weighted by atomic mass is 10.1. The van der Waals surface area contributed by atoms with Crippen LogP contribution in [0.15, 0.2) is 53.1 Å². The molecule has 0 radical (unpaired) electrons. The molecule has 0 aliphatic rings. The maximum absolute atomic E-state index is 11.4. The Morgan fingerprint density at radius 2 is 2.00 bits per heavy atom. The second-order valence-electron chi connectivity index (χ2n) is 5.06. The molecule has 3 aromatic rings. The first kappa shape index (κ1) is 16.0. The van der Waals surface area contributed by atoms with Gasteiger partial charge in [-0.05, 0) is 23.8 Å². The molecule has 122 valence electrons. The van der Waals surface area contributed by atoms with Crippen LogP contribution in [-0.2, 0) is 13.0 Å². The summed E-state index contributed by atoms with van der Waals surface area (Å²) in [6, 6.07) is 14.5. The first-order valence-electron chi connectivity index (χ1n) is 7.19. The first-order chi connectivity index (χ1) is 11.6. The van der Waals surface area contributed by atoms with Gasteiger partial charge < -0.3 is 15.0 Å². The highest BCUT2D eigenvalue weighted by molar-refractivity contribution is 6.31. The van der Waals surface area contributed by atoms with Crippen LogP contribution in [0, 0.1) is 0 Å². The molecule has 0 atom stereocenters. The fourth-order valence-electron chi connectivity index (χ4n) is 2.16. The number of rotatable bonds is 6. The van der Waals surface area contributed by atoms with Gasteiger partial charge >= 0.3 is 0 Å². The van der Waals surface area contributed by atoms with E-state index >= 15 is 0 Å². The van der Waals surface area contributed by atoms with Gasteiger partial charge in [-0.3, -0.25) is 4.79 Å². The summed E-state index contributed by atoms with van der Waals surface area (Å²) < 4.78 is 10.7. The second kappa shape index (κ2) is 7.14. The van der Waals surface area contributed by atoms with Crippen molar-refractivity contribution in [2.45, 2.75) is 13.0 Å². The van der Waals surface area contributed by atoms with E-state index in [1.165, 1.54) is 6.07 Å². The van der Waals surface area contributed by atoms with Crippen LogP contribution in [0.5, 0.6) is 5.75 Å². The van der Waals surface area contributed by atoms with E-state index in [1.54, 1.807) is 12.1 Å². The van der Waals surface area contributed by atoms with Crippen LogP contribution in [0.25, 0.3) is 0 Å². The van der Waals surface area contributed by atoms with Crippen molar-refractivity contribution in [2.75, 3.05) is 0 Å². The predicted molar refractivity (Wildman–Crippen MR) is 87.8 cm³/mol. The molecular formula is C17H14ClN3O3. The minimum Gasteiger partial charge on any atom is -0.483 e. The van der Waals surface area contributed by atoms with E-state index in [-0.39, 0.29) is 12.2 Å². The van der Waals surface area contributed by atoms with Crippen LogP contribution < -0.4 is 10.5 Å². The molecule has 0 saturated carbocycles. The number of hydrogen-bond donors (Lipinski definition) is 1. The van der Waals surface area contributed by atoms with Gasteiger partial charge in [-0.2, -0.15) is 4.98 Å². The number of benzene rings is 2. The van der Waals surface area contributed by atoms with Gasteiger partial charge in [0.2, 0.25) is 0 Å². The molecule has 0 fully saturated rings.